The first kappa shape index (κ1) is 22.3. The summed E-state index contributed by atoms with van der Waals surface area (Å²) < 4.78 is 39.7. The van der Waals surface area contributed by atoms with Crippen LogP contribution in [0.5, 0.6) is 11.5 Å². The van der Waals surface area contributed by atoms with Gasteiger partial charge in [-0.2, -0.15) is 4.72 Å². The van der Waals surface area contributed by atoms with Gasteiger partial charge in [-0.15, -0.1) is 0 Å². The number of rotatable bonds is 8. The molecule has 31 heavy (non-hydrogen) atoms. The first-order valence-corrected chi connectivity index (χ1v) is 11.0. The molecule has 0 aliphatic rings. The van der Waals surface area contributed by atoms with Crippen LogP contribution in [0.1, 0.15) is 24.1 Å². The maximum atomic E-state index is 13.3. The SMILES string of the molecule is COc1ccc(C(NS(=O)(=O)c2ccc(OC)c(NC(C)=O)c2)c2ccccc2)cc1. The highest BCUT2D eigenvalue weighted by Crippen LogP contribution is 2.30. The molecule has 0 fully saturated rings. The molecule has 8 heteroatoms. The van der Waals surface area contributed by atoms with Crippen molar-refractivity contribution in [3.8, 4) is 11.5 Å². The van der Waals surface area contributed by atoms with Crippen LogP contribution in [-0.4, -0.2) is 28.5 Å². The molecular formula is C23H24N2O5S. The summed E-state index contributed by atoms with van der Waals surface area (Å²) >= 11 is 0. The lowest BCUT2D eigenvalue weighted by molar-refractivity contribution is -0.114. The third-order valence-corrected chi connectivity index (χ3v) is 6.07. The predicted octanol–water partition coefficient (Wildman–Crippen LogP) is 3.73. The first-order chi connectivity index (χ1) is 14.8. The summed E-state index contributed by atoms with van der Waals surface area (Å²) in [6.07, 6.45) is 0. The third-order valence-electron chi connectivity index (χ3n) is 4.65. The van der Waals surface area contributed by atoms with Crippen molar-refractivity contribution in [3.05, 3.63) is 83.9 Å². The standard InChI is InChI=1S/C23H24N2O5S/c1-16(26)24-21-15-20(13-14-22(21)30-3)31(27,28)25-23(17-7-5-4-6-8-17)18-9-11-19(29-2)12-10-18/h4-15,23,25H,1-3H3,(H,24,26). The Balaban J connectivity index is 2.01. The molecular weight excluding hydrogens is 416 g/mol. The molecule has 3 rings (SSSR count). The Morgan fingerprint density at radius 3 is 2.10 bits per heavy atom. The van der Waals surface area contributed by atoms with Crippen molar-refractivity contribution < 1.29 is 22.7 Å². The van der Waals surface area contributed by atoms with Crippen molar-refractivity contribution in [3.63, 3.8) is 0 Å². The highest BCUT2D eigenvalue weighted by atomic mass is 32.2. The van der Waals surface area contributed by atoms with Gasteiger partial charge in [0.25, 0.3) is 0 Å². The third kappa shape index (κ3) is 5.42. The average Bonchev–Trinajstić information content (AvgIpc) is 2.78. The van der Waals surface area contributed by atoms with Gasteiger partial charge >= 0.3 is 0 Å². The second kappa shape index (κ2) is 9.63. The highest BCUT2D eigenvalue weighted by Gasteiger charge is 2.24. The molecule has 7 nitrogen and oxygen atoms in total. The summed E-state index contributed by atoms with van der Waals surface area (Å²) in [5.41, 5.74) is 1.82. The quantitative estimate of drug-likeness (QED) is 0.557. The van der Waals surface area contributed by atoms with Crippen molar-refractivity contribution in [2.24, 2.45) is 0 Å². The zero-order chi connectivity index (χ0) is 22.4. The fourth-order valence-electron chi connectivity index (χ4n) is 3.14. The van der Waals surface area contributed by atoms with Crippen molar-refractivity contribution in [2.45, 2.75) is 17.9 Å². The number of hydrogen-bond acceptors (Lipinski definition) is 5. The molecule has 0 aromatic heterocycles. The number of nitrogens with one attached hydrogen (secondary N) is 2. The molecule has 0 spiro atoms. The van der Waals surface area contributed by atoms with E-state index in [9.17, 15) is 13.2 Å². The van der Waals surface area contributed by atoms with Gasteiger partial charge in [-0.3, -0.25) is 4.79 Å². The molecule has 3 aromatic rings. The molecule has 1 unspecified atom stereocenters. The molecule has 0 saturated carbocycles. The number of anilines is 1. The van der Waals surface area contributed by atoms with Crippen molar-refractivity contribution in [1.82, 2.24) is 4.72 Å². The number of carbonyl (C=O) groups is 1. The number of ether oxygens (including phenoxy) is 2. The van der Waals surface area contributed by atoms with Gasteiger partial charge in [-0.25, -0.2) is 8.42 Å². The minimum atomic E-state index is -3.94. The molecule has 0 aliphatic heterocycles. The normalized spacial score (nSPS) is 12.1. The molecule has 0 aliphatic carbocycles. The average molecular weight is 441 g/mol. The van der Waals surface area contributed by atoms with E-state index in [1.165, 1.54) is 32.2 Å². The van der Waals surface area contributed by atoms with E-state index in [1.54, 1.807) is 19.2 Å². The fraction of sp³-hybridized carbons (Fsp3) is 0.174. The minimum absolute atomic E-state index is 0.00601. The van der Waals surface area contributed by atoms with E-state index in [1.807, 2.05) is 42.5 Å². The van der Waals surface area contributed by atoms with Crippen LogP contribution in [0.4, 0.5) is 5.69 Å². The van der Waals surface area contributed by atoms with Gasteiger partial charge in [-0.05, 0) is 41.5 Å². The zero-order valence-corrected chi connectivity index (χ0v) is 18.3. The number of benzene rings is 3. The Bertz CT molecular complexity index is 1150. The molecule has 3 aromatic carbocycles. The summed E-state index contributed by atoms with van der Waals surface area (Å²) in [5, 5.41) is 2.60. The summed E-state index contributed by atoms with van der Waals surface area (Å²) in [6, 6.07) is 20.2. The number of sulfonamides is 1. The van der Waals surface area contributed by atoms with Gasteiger partial charge in [0.15, 0.2) is 0 Å². The van der Waals surface area contributed by atoms with Crippen LogP contribution in [0.3, 0.4) is 0 Å². The number of amides is 1. The second-order valence-corrected chi connectivity index (χ2v) is 8.50. The topological polar surface area (TPSA) is 93.7 Å². The highest BCUT2D eigenvalue weighted by molar-refractivity contribution is 7.89. The van der Waals surface area contributed by atoms with E-state index in [0.717, 1.165) is 11.1 Å². The van der Waals surface area contributed by atoms with Crippen molar-refractivity contribution >= 4 is 21.6 Å². The van der Waals surface area contributed by atoms with E-state index in [4.69, 9.17) is 9.47 Å². The number of carbonyl (C=O) groups excluding carboxylic acids is 1. The van der Waals surface area contributed by atoms with Crippen LogP contribution in [0.2, 0.25) is 0 Å². The Labute approximate surface area is 182 Å². The molecule has 1 amide bonds. The largest absolute Gasteiger partial charge is 0.497 e. The van der Waals surface area contributed by atoms with Crippen molar-refractivity contribution in [1.29, 1.82) is 0 Å². The molecule has 2 N–H and O–H groups in total. The molecule has 0 bridgehead atoms. The maximum Gasteiger partial charge on any atom is 0.241 e. The lowest BCUT2D eigenvalue weighted by atomic mass is 10.00. The Hall–Kier alpha value is -3.36. The van der Waals surface area contributed by atoms with Crippen molar-refractivity contribution in [2.75, 3.05) is 19.5 Å². The van der Waals surface area contributed by atoms with Crippen LogP contribution in [0, 0.1) is 0 Å². The van der Waals surface area contributed by atoms with Gasteiger partial charge in [0.1, 0.15) is 11.5 Å². The van der Waals surface area contributed by atoms with E-state index >= 15 is 0 Å². The fourth-order valence-corrected chi connectivity index (χ4v) is 4.37. The Kier molecular flexibility index (Phi) is 6.94. The van der Waals surface area contributed by atoms with E-state index in [2.05, 4.69) is 10.0 Å². The zero-order valence-electron chi connectivity index (χ0n) is 17.5. The van der Waals surface area contributed by atoms with Crippen LogP contribution in [-0.2, 0) is 14.8 Å². The predicted molar refractivity (Wildman–Crippen MR) is 119 cm³/mol. The van der Waals surface area contributed by atoms with E-state index < -0.39 is 16.1 Å². The van der Waals surface area contributed by atoms with Crippen LogP contribution in [0.15, 0.2) is 77.7 Å². The summed E-state index contributed by atoms with van der Waals surface area (Å²) in [7, 11) is -0.924. The van der Waals surface area contributed by atoms with Crippen LogP contribution >= 0.6 is 0 Å². The van der Waals surface area contributed by atoms with E-state index in [-0.39, 0.29) is 16.5 Å². The summed E-state index contributed by atoms with van der Waals surface area (Å²) in [6.45, 7) is 1.34. The van der Waals surface area contributed by atoms with E-state index in [0.29, 0.717) is 11.5 Å². The number of methoxy groups -OCH3 is 2. The molecule has 0 radical (unpaired) electrons. The molecule has 0 saturated heterocycles. The monoisotopic (exact) mass is 440 g/mol. The molecule has 1 atom stereocenters. The molecule has 0 heterocycles. The van der Waals surface area contributed by atoms with Gasteiger partial charge in [-0.1, -0.05) is 42.5 Å². The second-order valence-electron chi connectivity index (χ2n) is 6.78. The maximum absolute atomic E-state index is 13.3. The number of hydrogen-bond donors (Lipinski definition) is 2. The summed E-state index contributed by atoms with van der Waals surface area (Å²) in [5.74, 6) is 0.707. The Morgan fingerprint density at radius 1 is 0.871 bits per heavy atom. The first-order valence-electron chi connectivity index (χ1n) is 9.51. The van der Waals surface area contributed by atoms with Crippen LogP contribution in [0.25, 0.3) is 0 Å². The minimum Gasteiger partial charge on any atom is -0.497 e. The van der Waals surface area contributed by atoms with Gasteiger partial charge < -0.3 is 14.8 Å². The smallest absolute Gasteiger partial charge is 0.241 e. The summed E-state index contributed by atoms with van der Waals surface area (Å²) in [4.78, 5) is 11.5. The lowest BCUT2D eigenvalue weighted by Crippen LogP contribution is -2.29. The van der Waals surface area contributed by atoms with Gasteiger partial charge in [0.05, 0.1) is 30.8 Å². The molecule has 162 valence electrons. The van der Waals surface area contributed by atoms with Gasteiger partial charge in [0, 0.05) is 6.92 Å². The van der Waals surface area contributed by atoms with Gasteiger partial charge in [0.2, 0.25) is 15.9 Å². The van der Waals surface area contributed by atoms with Crippen LogP contribution < -0.4 is 19.5 Å². The lowest BCUT2D eigenvalue weighted by Gasteiger charge is -2.21. The Morgan fingerprint density at radius 2 is 1.52 bits per heavy atom.